The smallest absolute Gasteiger partial charge is 0.253 e. The topological polar surface area (TPSA) is 40.5 Å². The van der Waals surface area contributed by atoms with Crippen LogP contribution in [-0.2, 0) is 4.79 Å². The molecular formula is C5H10ClNO2. The van der Waals surface area contributed by atoms with Crippen molar-refractivity contribution < 1.29 is 10.0 Å². The Morgan fingerprint density at radius 2 is 2.11 bits per heavy atom. The summed E-state index contributed by atoms with van der Waals surface area (Å²) in [6.07, 6.45) is 0. The monoisotopic (exact) mass is 151 g/mol. The van der Waals surface area contributed by atoms with Gasteiger partial charge in [0.25, 0.3) is 5.91 Å². The molecule has 54 valence electrons. The molecule has 0 atom stereocenters. The first-order valence-corrected chi connectivity index (χ1v) is 2.55. The van der Waals surface area contributed by atoms with Crippen LogP contribution >= 0.6 is 12.4 Å². The second-order valence-corrected chi connectivity index (χ2v) is 2.75. The van der Waals surface area contributed by atoms with Crippen molar-refractivity contribution >= 4 is 18.3 Å². The molecule has 0 radical (unpaired) electrons. The molecule has 0 aromatic rings. The van der Waals surface area contributed by atoms with E-state index in [2.05, 4.69) is 0 Å². The van der Waals surface area contributed by atoms with Gasteiger partial charge in [0.05, 0.1) is 12.0 Å². The first kappa shape index (κ1) is 8.72. The average Bonchev–Trinajstić information content (AvgIpc) is 1.65. The molecule has 1 aliphatic rings. The quantitative estimate of drug-likeness (QED) is 0.408. The van der Waals surface area contributed by atoms with Crippen molar-refractivity contribution in [2.45, 2.75) is 13.8 Å². The predicted molar refractivity (Wildman–Crippen MR) is 34.5 cm³/mol. The molecule has 4 heteroatoms. The molecule has 0 unspecified atom stereocenters. The van der Waals surface area contributed by atoms with Crippen LogP contribution in [0.3, 0.4) is 0 Å². The average molecular weight is 152 g/mol. The third-order valence-electron chi connectivity index (χ3n) is 1.36. The second-order valence-electron chi connectivity index (χ2n) is 2.75. The SMILES string of the molecule is CC1(C)CN(O)C1=O.Cl. The zero-order valence-corrected chi connectivity index (χ0v) is 6.23. The second kappa shape index (κ2) is 2.15. The minimum Gasteiger partial charge on any atom is -0.286 e. The molecule has 0 spiro atoms. The molecule has 1 amide bonds. The van der Waals surface area contributed by atoms with Gasteiger partial charge in [0.1, 0.15) is 0 Å². The Labute approximate surface area is 60.0 Å². The van der Waals surface area contributed by atoms with Crippen LogP contribution in [0.25, 0.3) is 0 Å². The number of hydrogen-bond acceptors (Lipinski definition) is 2. The van der Waals surface area contributed by atoms with Crippen LogP contribution in [0.5, 0.6) is 0 Å². The Bertz CT molecular complexity index is 135. The lowest BCUT2D eigenvalue weighted by Gasteiger charge is -2.39. The number of rotatable bonds is 0. The third-order valence-corrected chi connectivity index (χ3v) is 1.36. The lowest BCUT2D eigenvalue weighted by atomic mass is 9.85. The van der Waals surface area contributed by atoms with Gasteiger partial charge in [-0.1, -0.05) is 0 Å². The van der Waals surface area contributed by atoms with Crippen molar-refractivity contribution in [1.29, 1.82) is 0 Å². The maximum Gasteiger partial charge on any atom is 0.253 e. The highest BCUT2D eigenvalue weighted by atomic mass is 35.5. The molecule has 1 aliphatic heterocycles. The molecule has 1 heterocycles. The van der Waals surface area contributed by atoms with Crippen molar-refractivity contribution in [1.82, 2.24) is 5.06 Å². The van der Waals surface area contributed by atoms with Gasteiger partial charge in [-0.25, -0.2) is 5.06 Å². The lowest BCUT2D eigenvalue weighted by Crippen LogP contribution is -2.56. The van der Waals surface area contributed by atoms with Crippen LogP contribution in [0.1, 0.15) is 13.8 Å². The molecule has 9 heavy (non-hydrogen) atoms. The van der Waals surface area contributed by atoms with Gasteiger partial charge in [0.2, 0.25) is 0 Å². The first-order valence-electron chi connectivity index (χ1n) is 2.55. The fourth-order valence-electron chi connectivity index (χ4n) is 0.772. The van der Waals surface area contributed by atoms with Gasteiger partial charge in [-0.2, -0.15) is 0 Å². The lowest BCUT2D eigenvalue weighted by molar-refractivity contribution is -0.210. The predicted octanol–water partition coefficient (Wildman–Crippen LogP) is 0.666. The number of halogens is 1. The summed E-state index contributed by atoms with van der Waals surface area (Å²) >= 11 is 0. The van der Waals surface area contributed by atoms with E-state index in [9.17, 15) is 4.79 Å². The Morgan fingerprint density at radius 1 is 1.67 bits per heavy atom. The van der Waals surface area contributed by atoms with E-state index >= 15 is 0 Å². The summed E-state index contributed by atoms with van der Waals surface area (Å²) in [6.45, 7) is 4.08. The summed E-state index contributed by atoms with van der Waals surface area (Å²) in [4.78, 5) is 10.6. The molecule has 3 nitrogen and oxygen atoms in total. The summed E-state index contributed by atoms with van der Waals surface area (Å²) in [6, 6.07) is 0. The number of hydrogen-bond donors (Lipinski definition) is 1. The van der Waals surface area contributed by atoms with Crippen molar-refractivity contribution in [2.24, 2.45) is 5.41 Å². The van der Waals surface area contributed by atoms with Crippen molar-refractivity contribution in [3.8, 4) is 0 Å². The van der Waals surface area contributed by atoms with Gasteiger partial charge in [-0.15, -0.1) is 12.4 Å². The largest absolute Gasteiger partial charge is 0.286 e. The zero-order valence-electron chi connectivity index (χ0n) is 5.42. The number of β-lactam (4-membered cyclic amide) rings is 1. The first-order chi connectivity index (χ1) is 3.54. The normalized spacial score (nSPS) is 22.6. The summed E-state index contributed by atoms with van der Waals surface area (Å²) in [5.41, 5.74) is -0.311. The van der Waals surface area contributed by atoms with Crippen LogP contribution < -0.4 is 0 Å². The van der Waals surface area contributed by atoms with E-state index in [1.54, 1.807) is 0 Å². The van der Waals surface area contributed by atoms with Crippen molar-refractivity contribution in [3.63, 3.8) is 0 Å². The van der Waals surface area contributed by atoms with E-state index in [-0.39, 0.29) is 23.7 Å². The number of carbonyl (C=O) groups is 1. The summed E-state index contributed by atoms with van der Waals surface area (Å²) in [5.74, 6) is -0.183. The molecule has 0 bridgehead atoms. The molecule has 1 saturated heterocycles. The van der Waals surface area contributed by atoms with Crippen LogP contribution in [0.4, 0.5) is 0 Å². The molecule has 1 rings (SSSR count). The summed E-state index contributed by atoms with van der Waals surface area (Å²) in [5, 5.41) is 9.27. The molecular weight excluding hydrogens is 142 g/mol. The Balaban J connectivity index is 0.000000640. The van der Waals surface area contributed by atoms with E-state index < -0.39 is 0 Å². The molecule has 0 aromatic heterocycles. The van der Waals surface area contributed by atoms with Gasteiger partial charge in [-0.05, 0) is 13.8 Å². The molecule has 0 aromatic carbocycles. The summed E-state index contributed by atoms with van der Waals surface area (Å²) in [7, 11) is 0. The van der Waals surface area contributed by atoms with Crippen LogP contribution in [0.15, 0.2) is 0 Å². The fourth-order valence-corrected chi connectivity index (χ4v) is 0.772. The fraction of sp³-hybridized carbons (Fsp3) is 0.800. The zero-order chi connectivity index (χ0) is 6.36. The Morgan fingerprint density at radius 3 is 2.11 bits per heavy atom. The summed E-state index contributed by atoms with van der Waals surface area (Å²) < 4.78 is 0. The van der Waals surface area contributed by atoms with E-state index in [4.69, 9.17) is 5.21 Å². The minimum atomic E-state index is -0.311. The van der Waals surface area contributed by atoms with E-state index in [0.29, 0.717) is 6.54 Å². The van der Waals surface area contributed by atoms with Crippen molar-refractivity contribution in [3.05, 3.63) is 0 Å². The number of carbonyl (C=O) groups excluding carboxylic acids is 1. The van der Waals surface area contributed by atoms with Gasteiger partial charge < -0.3 is 0 Å². The van der Waals surface area contributed by atoms with Crippen LogP contribution in [-0.4, -0.2) is 22.7 Å². The highest BCUT2D eigenvalue weighted by Crippen LogP contribution is 2.28. The standard InChI is InChI=1S/C5H9NO2.ClH/c1-5(2)3-6(8)4(5)7;/h8H,3H2,1-2H3;1H. The van der Waals surface area contributed by atoms with Gasteiger partial charge in [-0.3, -0.25) is 10.0 Å². The molecule has 1 N–H and O–H groups in total. The molecule has 1 fully saturated rings. The third kappa shape index (κ3) is 1.17. The number of amides is 1. The van der Waals surface area contributed by atoms with Gasteiger partial charge in [0, 0.05) is 0 Å². The van der Waals surface area contributed by atoms with E-state index in [1.807, 2.05) is 13.8 Å². The molecule has 0 aliphatic carbocycles. The van der Waals surface area contributed by atoms with E-state index in [0.717, 1.165) is 5.06 Å². The Kier molecular flexibility index (Phi) is 2.09. The van der Waals surface area contributed by atoms with Crippen LogP contribution in [0.2, 0.25) is 0 Å². The maximum atomic E-state index is 10.6. The van der Waals surface area contributed by atoms with E-state index in [1.165, 1.54) is 0 Å². The number of nitrogens with zero attached hydrogens (tertiary/aromatic N) is 1. The minimum absolute atomic E-state index is 0. The highest BCUT2D eigenvalue weighted by molar-refractivity contribution is 5.86. The van der Waals surface area contributed by atoms with Crippen LogP contribution in [0, 0.1) is 5.41 Å². The number of hydroxylamine groups is 2. The highest BCUT2D eigenvalue weighted by Gasteiger charge is 2.43. The Hall–Kier alpha value is -0.280. The van der Waals surface area contributed by atoms with Gasteiger partial charge >= 0.3 is 0 Å². The molecule has 0 saturated carbocycles. The van der Waals surface area contributed by atoms with Gasteiger partial charge in [0.15, 0.2) is 0 Å². The maximum absolute atomic E-state index is 10.6. The van der Waals surface area contributed by atoms with Crippen molar-refractivity contribution in [2.75, 3.05) is 6.54 Å².